The monoisotopic (exact) mass is 238 g/mol. The lowest BCUT2D eigenvalue weighted by Crippen LogP contribution is -2.15. The number of carbonyl (C=O) groups excluding carboxylic acids is 2. The van der Waals surface area contributed by atoms with E-state index in [1.165, 1.54) is 13.0 Å². The van der Waals surface area contributed by atoms with Gasteiger partial charge >= 0.3 is 0 Å². The number of Topliss-reactive ketones (excluding diaryl/α,β-unsaturated/α-hetero) is 2. The first kappa shape index (κ1) is 12.9. The molecule has 0 aliphatic heterocycles. The number of hydrogen-bond donors (Lipinski definition) is 0. The molecule has 0 aliphatic rings. The second kappa shape index (κ2) is 4.38. The molecule has 16 heavy (non-hydrogen) atoms. The highest BCUT2D eigenvalue weighted by Gasteiger charge is 2.18. The molecule has 3 heteroatoms. The SMILES string of the molecule is CC(=O)C(=O)c1cc(Cl)cc(C(C)(C)C)c1. The maximum atomic E-state index is 11.6. The summed E-state index contributed by atoms with van der Waals surface area (Å²) in [5.41, 5.74) is 1.21. The van der Waals surface area contributed by atoms with Crippen LogP contribution in [0.25, 0.3) is 0 Å². The minimum atomic E-state index is -0.493. The van der Waals surface area contributed by atoms with Crippen molar-refractivity contribution in [2.24, 2.45) is 0 Å². The van der Waals surface area contributed by atoms with Crippen LogP contribution >= 0.6 is 11.6 Å². The number of carbonyl (C=O) groups is 2. The van der Waals surface area contributed by atoms with Crippen molar-refractivity contribution in [2.45, 2.75) is 33.1 Å². The Morgan fingerprint density at radius 3 is 2.12 bits per heavy atom. The molecule has 0 heterocycles. The molecule has 1 aromatic rings. The molecule has 0 bridgehead atoms. The molecular formula is C13H15ClO2. The van der Waals surface area contributed by atoms with Gasteiger partial charge in [0.1, 0.15) is 0 Å². The molecule has 0 saturated heterocycles. The lowest BCUT2D eigenvalue weighted by atomic mass is 9.85. The topological polar surface area (TPSA) is 34.1 Å². The normalized spacial score (nSPS) is 11.3. The van der Waals surface area contributed by atoms with E-state index in [0.717, 1.165) is 5.56 Å². The van der Waals surface area contributed by atoms with Crippen LogP contribution < -0.4 is 0 Å². The van der Waals surface area contributed by atoms with Crippen LogP contribution in [-0.4, -0.2) is 11.6 Å². The molecule has 0 atom stereocenters. The molecule has 0 spiro atoms. The lowest BCUT2D eigenvalue weighted by Gasteiger charge is -2.20. The molecule has 0 aromatic heterocycles. The van der Waals surface area contributed by atoms with Crippen molar-refractivity contribution in [3.63, 3.8) is 0 Å². The van der Waals surface area contributed by atoms with Crippen LogP contribution in [0.2, 0.25) is 5.02 Å². The molecule has 0 radical (unpaired) electrons. The summed E-state index contributed by atoms with van der Waals surface area (Å²) < 4.78 is 0. The van der Waals surface area contributed by atoms with Gasteiger partial charge in [-0.15, -0.1) is 0 Å². The zero-order valence-electron chi connectivity index (χ0n) is 9.93. The van der Waals surface area contributed by atoms with Gasteiger partial charge in [-0.3, -0.25) is 9.59 Å². The molecular weight excluding hydrogens is 224 g/mol. The fourth-order valence-corrected chi connectivity index (χ4v) is 1.59. The highest BCUT2D eigenvalue weighted by molar-refractivity contribution is 6.43. The van der Waals surface area contributed by atoms with E-state index in [4.69, 9.17) is 11.6 Å². The third-order valence-electron chi connectivity index (χ3n) is 2.35. The lowest BCUT2D eigenvalue weighted by molar-refractivity contribution is -0.113. The zero-order valence-corrected chi connectivity index (χ0v) is 10.7. The molecule has 0 N–H and O–H groups in total. The van der Waals surface area contributed by atoms with Gasteiger partial charge in [-0.25, -0.2) is 0 Å². The average molecular weight is 239 g/mol. The van der Waals surface area contributed by atoms with E-state index in [9.17, 15) is 9.59 Å². The number of halogens is 1. The van der Waals surface area contributed by atoms with Gasteiger partial charge in [0.2, 0.25) is 5.78 Å². The number of hydrogen-bond acceptors (Lipinski definition) is 2. The second-order valence-electron chi connectivity index (χ2n) is 4.86. The Labute approximate surface area is 101 Å². The number of benzene rings is 1. The van der Waals surface area contributed by atoms with Gasteiger partial charge in [-0.05, 0) is 29.2 Å². The summed E-state index contributed by atoms with van der Waals surface area (Å²) in [5.74, 6) is -0.963. The van der Waals surface area contributed by atoms with Gasteiger partial charge in [0.25, 0.3) is 0 Å². The van der Waals surface area contributed by atoms with Crippen LogP contribution in [0.5, 0.6) is 0 Å². The maximum Gasteiger partial charge on any atom is 0.228 e. The van der Waals surface area contributed by atoms with Crippen molar-refractivity contribution >= 4 is 23.2 Å². The van der Waals surface area contributed by atoms with E-state index >= 15 is 0 Å². The highest BCUT2D eigenvalue weighted by atomic mass is 35.5. The predicted molar refractivity (Wildman–Crippen MR) is 65.2 cm³/mol. The van der Waals surface area contributed by atoms with Gasteiger partial charge < -0.3 is 0 Å². The molecule has 1 aromatic carbocycles. The van der Waals surface area contributed by atoms with Crippen LogP contribution in [0, 0.1) is 0 Å². The predicted octanol–water partition coefficient (Wildman–Crippen LogP) is 3.41. The minimum Gasteiger partial charge on any atom is -0.291 e. The molecule has 0 fully saturated rings. The molecule has 0 unspecified atom stereocenters. The Hall–Kier alpha value is -1.15. The summed E-state index contributed by atoms with van der Waals surface area (Å²) in [7, 11) is 0. The van der Waals surface area contributed by atoms with Crippen LogP contribution in [0.15, 0.2) is 18.2 Å². The molecule has 2 nitrogen and oxygen atoms in total. The summed E-state index contributed by atoms with van der Waals surface area (Å²) >= 11 is 5.94. The van der Waals surface area contributed by atoms with Crippen molar-refractivity contribution < 1.29 is 9.59 Å². The fourth-order valence-electron chi connectivity index (χ4n) is 1.36. The summed E-state index contributed by atoms with van der Waals surface area (Å²) in [6.45, 7) is 7.35. The smallest absolute Gasteiger partial charge is 0.228 e. The van der Waals surface area contributed by atoms with Crippen molar-refractivity contribution in [3.05, 3.63) is 34.3 Å². The molecule has 0 amide bonds. The Morgan fingerprint density at radius 1 is 1.12 bits per heavy atom. The highest BCUT2D eigenvalue weighted by Crippen LogP contribution is 2.26. The number of rotatable bonds is 2. The fraction of sp³-hybridized carbons (Fsp3) is 0.385. The second-order valence-corrected chi connectivity index (χ2v) is 5.30. The van der Waals surface area contributed by atoms with Crippen LogP contribution in [0.4, 0.5) is 0 Å². The van der Waals surface area contributed by atoms with E-state index in [2.05, 4.69) is 0 Å². The summed E-state index contributed by atoms with van der Waals surface area (Å²) in [6.07, 6.45) is 0. The van der Waals surface area contributed by atoms with Crippen LogP contribution in [0.1, 0.15) is 43.6 Å². The molecule has 86 valence electrons. The third kappa shape index (κ3) is 2.92. The first-order valence-corrected chi connectivity index (χ1v) is 5.46. The van der Waals surface area contributed by atoms with Gasteiger partial charge in [-0.1, -0.05) is 32.4 Å². The van der Waals surface area contributed by atoms with Gasteiger partial charge in [0.05, 0.1) is 0 Å². The Morgan fingerprint density at radius 2 is 1.69 bits per heavy atom. The standard InChI is InChI=1S/C13H15ClO2/c1-8(15)12(16)9-5-10(13(2,3)4)7-11(14)6-9/h5-7H,1-4H3. The third-order valence-corrected chi connectivity index (χ3v) is 2.56. The van der Waals surface area contributed by atoms with E-state index in [1.54, 1.807) is 6.07 Å². The first-order valence-electron chi connectivity index (χ1n) is 5.08. The van der Waals surface area contributed by atoms with Crippen LogP contribution in [0.3, 0.4) is 0 Å². The van der Waals surface area contributed by atoms with E-state index < -0.39 is 11.6 Å². The van der Waals surface area contributed by atoms with E-state index in [0.29, 0.717) is 10.6 Å². The van der Waals surface area contributed by atoms with Crippen molar-refractivity contribution in [2.75, 3.05) is 0 Å². The van der Waals surface area contributed by atoms with E-state index in [-0.39, 0.29) is 5.41 Å². The summed E-state index contributed by atoms with van der Waals surface area (Å²) in [5, 5.41) is 0.483. The number of ketones is 2. The minimum absolute atomic E-state index is 0.100. The van der Waals surface area contributed by atoms with Gasteiger partial charge in [0, 0.05) is 17.5 Å². The molecule has 0 aliphatic carbocycles. The van der Waals surface area contributed by atoms with E-state index in [1.807, 2.05) is 26.8 Å². The Balaban J connectivity index is 3.29. The zero-order chi connectivity index (χ0) is 12.5. The quantitative estimate of drug-likeness (QED) is 0.585. The van der Waals surface area contributed by atoms with Crippen molar-refractivity contribution in [3.8, 4) is 0 Å². The average Bonchev–Trinajstić information content (AvgIpc) is 2.14. The van der Waals surface area contributed by atoms with Crippen LogP contribution in [-0.2, 0) is 10.2 Å². The Bertz CT molecular complexity index is 442. The van der Waals surface area contributed by atoms with Crippen molar-refractivity contribution in [1.82, 2.24) is 0 Å². The maximum absolute atomic E-state index is 11.6. The Kier molecular flexibility index (Phi) is 3.54. The first-order chi connectivity index (χ1) is 7.21. The summed E-state index contributed by atoms with van der Waals surface area (Å²) in [6, 6.07) is 5.08. The largest absolute Gasteiger partial charge is 0.291 e. The molecule has 0 saturated carbocycles. The van der Waals surface area contributed by atoms with Gasteiger partial charge in [-0.2, -0.15) is 0 Å². The van der Waals surface area contributed by atoms with Crippen molar-refractivity contribution in [1.29, 1.82) is 0 Å². The molecule has 1 rings (SSSR count). The summed E-state index contributed by atoms with van der Waals surface area (Å²) in [4.78, 5) is 22.6. The van der Waals surface area contributed by atoms with Gasteiger partial charge in [0.15, 0.2) is 5.78 Å².